The lowest BCUT2D eigenvalue weighted by Crippen LogP contribution is -2.37. The van der Waals surface area contributed by atoms with Crippen LogP contribution in [0.5, 0.6) is 0 Å². The lowest BCUT2D eigenvalue weighted by molar-refractivity contribution is 0.256. The maximum absolute atomic E-state index is 5.69. The van der Waals surface area contributed by atoms with Crippen molar-refractivity contribution in [1.29, 1.82) is 0 Å². The first-order chi connectivity index (χ1) is 4.70. The van der Waals surface area contributed by atoms with Crippen LogP contribution in [0.1, 0.15) is 26.7 Å². The minimum absolute atomic E-state index is 0.334. The molecule has 0 saturated carbocycles. The van der Waals surface area contributed by atoms with Crippen LogP contribution in [0.15, 0.2) is 0 Å². The first kappa shape index (κ1) is 8.02. The van der Waals surface area contributed by atoms with E-state index in [0.717, 1.165) is 12.6 Å². The molecule has 1 aliphatic rings. The predicted octanol–water partition coefficient (Wildman–Crippen LogP) is 0.818. The quantitative estimate of drug-likeness (QED) is 0.618. The first-order valence-electron chi connectivity index (χ1n) is 4.20. The Bertz CT molecular complexity index is 101. The summed E-state index contributed by atoms with van der Waals surface area (Å²) in [6.45, 7) is 6.68. The van der Waals surface area contributed by atoms with E-state index in [9.17, 15) is 0 Å². The van der Waals surface area contributed by atoms with Gasteiger partial charge in [-0.15, -0.1) is 0 Å². The molecule has 0 radical (unpaired) electrons. The third-order valence-electron chi connectivity index (χ3n) is 2.21. The molecule has 0 bridgehead atoms. The van der Waals surface area contributed by atoms with E-state index in [-0.39, 0.29) is 0 Å². The van der Waals surface area contributed by atoms with E-state index < -0.39 is 0 Å². The summed E-state index contributed by atoms with van der Waals surface area (Å²) in [5, 5.41) is 0. The molecule has 0 aromatic carbocycles. The third-order valence-corrected chi connectivity index (χ3v) is 2.21. The van der Waals surface area contributed by atoms with Gasteiger partial charge >= 0.3 is 0 Å². The lowest BCUT2D eigenvalue weighted by Gasteiger charge is -2.22. The van der Waals surface area contributed by atoms with Crippen molar-refractivity contribution in [2.75, 3.05) is 13.1 Å². The number of hydrogen-bond donors (Lipinski definition) is 1. The Morgan fingerprint density at radius 2 is 2.40 bits per heavy atom. The molecule has 1 aliphatic heterocycles. The van der Waals surface area contributed by atoms with Crippen LogP contribution in [-0.4, -0.2) is 30.1 Å². The second-order valence-electron chi connectivity index (χ2n) is 3.46. The van der Waals surface area contributed by atoms with Gasteiger partial charge < -0.3 is 5.73 Å². The molecule has 1 fully saturated rings. The second-order valence-corrected chi connectivity index (χ2v) is 3.46. The van der Waals surface area contributed by atoms with Gasteiger partial charge in [0.05, 0.1) is 0 Å². The molecule has 2 atom stereocenters. The van der Waals surface area contributed by atoms with Gasteiger partial charge in [-0.25, -0.2) is 0 Å². The maximum Gasteiger partial charge on any atom is 0.0139 e. The molecule has 2 heteroatoms. The largest absolute Gasteiger partial charge is 0.327 e. The van der Waals surface area contributed by atoms with Crippen LogP contribution >= 0.6 is 0 Å². The molecule has 0 aromatic rings. The van der Waals surface area contributed by atoms with E-state index >= 15 is 0 Å². The highest BCUT2D eigenvalue weighted by atomic mass is 15.2. The molecular formula is C8H18N2. The third kappa shape index (κ3) is 1.96. The first-order valence-corrected chi connectivity index (χ1v) is 4.20. The summed E-state index contributed by atoms with van der Waals surface area (Å²) in [4.78, 5) is 2.48. The van der Waals surface area contributed by atoms with Crippen LogP contribution < -0.4 is 5.73 Å². The van der Waals surface area contributed by atoms with Crippen LogP contribution in [0.3, 0.4) is 0 Å². The molecule has 0 aliphatic carbocycles. The molecule has 1 heterocycles. The fourth-order valence-corrected chi connectivity index (χ4v) is 1.63. The van der Waals surface area contributed by atoms with Gasteiger partial charge in [-0.1, -0.05) is 0 Å². The molecule has 0 spiro atoms. The fraction of sp³-hybridized carbons (Fsp3) is 1.00. The van der Waals surface area contributed by atoms with Crippen LogP contribution in [0, 0.1) is 0 Å². The Hall–Kier alpha value is -0.0800. The van der Waals surface area contributed by atoms with Crippen molar-refractivity contribution in [3.05, 3.63) is 0 Å². The van der Waals surface area contributed by atoms with Crippen LogP contribution in [0.4, 0.5) is 0 Å². The van der Waals surface area contributed by atoms with E-state index in [2.05, 4.69) is 18.7 Å². The average Bonchev–Trinajstić information content (AvgIpc) is 2.15. The lowest BCUT2D eigenvalue weighted by atomic mass is 10.2. The van der Waals surface area contributed by atoms with Crippen LogP contribution in [0.2, 0.25) is 0 Å². The number of rotatable bonds is 2. The number of nitrogens with zero attached hydrogens (tertiary/aromatic N) is 1. The highest BCUT2D eigenvalue weighted by Gasteiger charge is 2.20. The highest BCUT2D eigenvalue weighted by molar-refractivity contribution is 4.77. The Morgan fingerprint density at radius 3 is 2.80 bits per heavy atom. The maximum atomic E-state index is 5.69. The van der Waals surface area contributed by atoms with Crippen molar-refractivity contribution in [2.45, 2.75) is 38.8 Å². The van der Waals surface area contributed by atoms with Gasteiger partial charge in [-0.2, -0.15) is 0 Å². The standard InChI is InChI=1S/C8H18N2/c1-7(9)6-10-5-3-4-8(10)2/h7-8H,3-6,9H2,1-2H3/t7-,8+/m1/s1. The molecule has 0 amide bonds. The van der Waals surface area contributed by atoms with Crippen molar-refractivity contribution in [3.63, 3.8) is 0 Å². The number of hydrogen-bond acceptors (Lipinski definition) is 2. The summed E-state index contributed by atoms with van der Waals surface area (Å²) < 4.78 is 0. The normalized spacial score (nSPS) is 30.9. The van der Waals surface area contributed by atoms with Crippen LogP contribution in [-0.2, 0) is 0 Å². The smallest absolute Gasteiger partial charge is 0.0139 e. The molecule has 2 N–H and O–H groups in total. The minimum Gasteiger partial charge on any atom is -0.327 e. The Labute approximate surface area is 63.4 Å². The van der Waals surface area contributed by atoms with E-state index in [1.807, 2.05) is 0 Å². The molecule has 60 valence electrons. The van der Waals surface area contributed by atoms with Gasteiger partial charge in [-0.05, 0) is 33.2 Å². The summed E-state index contributed by atoms with van der Waals surface area (Å²) in [7, 11) is 0. The monoisotopic (exact) mass is 142 g/mol. The summed E-state index contributed by atoms with van der Waals surface area (Å²) in [5.41, 5.74) is 5.69. The molecule has 1 saturated heterocycles. The van der Waals surface area contributed by atoms with Crippen molar-refractivity contribution in [2.24, 2.45) is 5.73 Å². The SMILES string of the molecule is C[C@@H](N)CN1CCC[C@@H]1C. The van der Waals surface area contributed by atoms with Crippen molar-refractivity contribution in [3.8, 4) is 0 Å². The zero-order chi connectivity index (χ0) is 7.56. The van der Waals surface area contributed by atoms with Gasteiger partial charge in [0.1, 0.15) is 0 Å². The van der Waals surface area contributed by atoms with Gasteiger partial charge in [0, 0.05) is 18.6 Å². The summed E-state index contributed by atoms with van der Waals surface area (Å²) >= 11 is 0. The molecule has 0 aromatic heterocycles. The number of likely N-dealkylation sites (tertiary alicyclic amines) is 1. The minimum atomic E-state index is 0.334. The van der Waals surface area contributed by atoms with E-state index in [4.69, 9.17) is 5.73 Å². The zero-order valence-corrected chi connectivity index (χ0v) is 7.01. The molecule has 10 heavy (non-hydrogen) atoms. The average molecular weight is 142 g/mol. The predicted molar refractivity (Wildman–Crippen MR) is 43.9 cm³/mol. The second kappa shape index (κ2) is 3.35. The Morgan fingerprint density at radius 1 is 1.70 bits per heavy atom. The summed E-state index contributed by atoms with van der Waals surface area (Å²) in [6.07, 6.45) is 2.71. The van der Waals surface area contributed by atoms with E-state index in [1.54, 1.807) is 0 Å². The van der Waals surface area contributed by atoms with Crippen molar-refractivity contribution in [1.82, 2.24) is 4.90 Å². The molecule has 2 nitrogen and oxygen atoms in total. The topological polar surface area (TPSA) is 29.3 Å². The van der Waals surface area contributed by atoms with Crippen LogP contribution in [0.25, 0.3) is 0 Å². The summed E-state index contributed by atoms with van der Waals surface area (Å²) in [6, 6.07) is 1.10. The zero-order valence-electron chi connectivity index (χ0n) is 7.01. The van der Waals surface area contributed by atoms with Gasteiger partial charge in [0.15, 0.2) is 0 Å². The van der Waals surface area contributed by atoms with Gasteiger partial charge in [0.25, 0.3) is 0 Å². The van der Waals surface area contributed by atoms with Crippen molar-refractivity contribution >= 4 is 0 Å². The van der Waals surface area contributed by atoms with Crippen molar-refractivity contribution < 1.29 is 0 Å². The molecular weight excluding hydrogens is 124 g/mol. The van der Waals surface area contributed by atoms with E-state index in [0.29, 0.717) is 6.04 Å². The Kier molecular flexibility index (Phi) is 2.69. The summed E-state index contributed by atoms with van der Waals surface area (Å²) in [5.74, 6) is 0. The van der Waals surface area contributed by atoms with E-state index in [1.165, 1.54) is 19.4 Å². The van der Waals surface area contributed by atoms with Gasteiger partial charge in [-0.3, -0.25) is 4.90 Å². The van der Waals surface area contributed by atoms with Gasteiger partial charge in [0.2, 0.25) is 0 Å². The molecule has 1 rings (SSSR count). The number of nitrogens with two attached hydrogens (primary N) is 1. The molecule has 0 unspecified atom stereocenters. The Balaban J connectivity index is 2.26. The highest BCUT2D eigenvalue weighted by Crippen LogP contribution is 2.15. The fourth-order valence-electron chi connectivity index (χ4n) is 1.63.